The van der Waals surface area contributed by atoms with E-state index in [9.17, 15) is 14.4 Å². The summed E-state index contributed by atoms with van der Waals surface area (Å²) >= 11 is 0. The van der Waals surface area contributed by atoms with Gasteiger partial charge in [-0.2, -0.15) is 9.97 Å². The molecule has 1 spiro atoms. The number of nitrogens with two attached hydrogens (primary N) is 1. The Morgan fingerprint density at radius 3 is 2.33 bits per heavy atom. The van der Waals surface area contributed by atoms with Gasteiger partial charge >= 0.3 is 7.60 Å². The Morgan fingerprint density at radius 1 is 0.889 bits per heavy atom. The van der Waals surface area contributed by atoms with Crippen LogP contribution in [-0.4, -0.2) is 94.8 Å². The minimum absolute atomic E-state index is 0.0258. The zero-order valence-electron chi connectivity index (χ0n) is 27.6. The molecule has 1 aliphatic heterocycles. The van der Waals surface area contributed by atoms with E-state index in [0.29, 0.717) is 24.1 Å². The quantitative estimate of drug-likeness (QED) is 0.117. The SMILES string of the molecule is Nc1cc(N2CCN(CCCP(=O)(O)O)C3(CCCCC3)C2)nc(NCC2CCC(CNCCCNC3CCCCC3)CC2)n1. The molecule has 1 aromatic heterocycles. The van der Waals surface area contributed by atoms with Crippen molar-refractivity contribution in [2.24, 2.45) is 11.8 Å². The highest BCUT2D eigenvalue weighted by Crippen LogP contribution is 2.40. The van der Waals surface area contributed by atoms with Gasteiger partial charge in [-0.15, -0.1) is 0 Å². The fourth-order valence-corrected chi connectivity index (χ4v) is 8.96. The predicted octanol–water partition coefficient (Wildman–Crippen LogP) is 4.57. The molecular weight excluding hydrogens is 587 g/mol. The summed E-state index contributed by atoms with van der Waals surface area (Å²) in [4.78, 5) is 33.1. The van der Waals surface area contributed by atoms with Crippen molar-refractivity contribution in [2.45, 2.75) is 114 Å². The fourth-order valence-electron chi connectivity index (χ4n) is 8.41. The first-order valence-corrected chi connectivity index (χ1v) is 19.9. The molecule has 256 valence electrons. The molecule has 4 fully saturated rings. The molecule has 2 heterocycles. The maximum absolute atomic E-state index is 11.4. The van der Waals surface area contributed by atoms with Gasteiger partial charge in [0.25, 0.3) is 0 Å². The van der Waals surface area contributed by atoms with Crippen molar-refractivity contribution < 1.29 is 14.4 Å². The Kier molecular flexibility index (Phi) is 13.2. The highest BCUT2D eigenvalue weighted by atomic mass is 31.2. The van der Waals surface area contributed by atoms with Gasteiger partial charge in [-0.3, -0.25) is 9.46 Å². The number of hydrogen-bond donors (Lipinski definition) is 6. The summed E-state index contributed by atoms with van der Waals surface area (Å²) in [6.07, 6.45) is 19.5. The van der Waals surface area contributed by atoms with E-state index in [1.165, 1.54) is 83.5 Å². The lowest BCUT2D eigenvalue weighted by Crippen LogP contribution is -2.63. The first kappa shape index (κ1) is 34.8. The lowest BCUT2D eigenvalue weighted by atomic mass is 9.78. The number of nitrogen functional groups attached to an aromatic ring is 1. The van der Waals surface area contributed by atoms with Gasteiger partial charge in [-0.1, -0.05) is 38.5 Å². The second-order valence-corrected chi connectivity index (χ2v) is 16.3. The van der Waals surface area contributed by atoms with Crippen LogP contribution in [0.4, 0.5) is 17.6 Å². The Morgan fingerprint density at radius 2 is 1.60 bits per heavy atom. The molecule has 7 N–H and O–H groups in total. The molecule has 0 unspecified atom stereocenters. The van der Waals surface area contributed by atoms with Gasteiger partial charge in [0.2, 0.25) is 5.95 Å². The van der Waals surface area contributed by atoms with E-state index in [2.05, 4.69) is 30.7 Å². The molecule has 0 radical (unpaired) electrons. The molecule has 12 heteroatoms. The van der Waals surface area contributed by atoms with Gasteiger partial charge in [0.15, 0.2) is 0 Å². The summed E-state index contributed by atoms with van der Waals surface area (Å²) in [5, 5.41) is 11.0. The van der Waals surface area contributed by atoms with E-state index in [0.717, 1.165) is 83.0 Å². The summed E-state index contributed by atoms with van der Waals surface area (Å²) in [6.45, 7) is 7.57. The maximum Gasteiger partial charge on any atom is 0.325 e. The van der Waals surface area contributed by atoms with Crippen LogP contribution in [0.5, 0.6) is 0 Å². The van der Waals surface area contributed by atoms with E-state index in [-0.39, 0.29) is 11.7 Å². The number of rotatable bonds is 15. The minimum Gasteiger partial charge on any atom is -0.383 e. The summed E-state index contributed by atoms with van der Waals surface area (Å²) in [5.74, 6) is 3.42. The number of hydrogen-bond acceptors (Lipinski definition) is 9. The van der Waals surface area contributed by atoms with Crippen LogP contribution < -0.4 is 26.6 Å². The van der Waals surface area contributed by atoms with Crippen LogP contribution in [-0.2, 0) is 4.57 Å². The largest absolute Gasteiger partial charge is 0.383 e. The van der Waals surface area contributed by atoms with Crippen molar-refractivity contribution in [3.05, 3.63) is 6.07 Å². The van der Waals surface area contributed by atoms with Gasteiger partial charge in [0.1, 0.15) is 11.6 Å². The van der Waals surface area contributed by atoms with Crippen molar-refractivity contribution in [1.82, 2.24) is 25.5 Å². The first-order chi connectivity index (χ1) is 21.8. The molecule has 5 rings (SSSR count). The second kappa shape index (κ2) is 17.1. The number of aromatic nitrogens is 2. The molecule has 0 aromatic carbocycles. The van der Waals surface area contributed by atoms with E-state index in [1.807, 2.05) is 6.07 Å². The molecule has 1 aromatic rings. The van der Waals surface area contributed by atoms with Crippen molar-refractivity contribution in [2.75, 3.05) is 74.5 Å². The van der Waals surface area contributed by atoms with E-state index in [4.69, 9.17) is 10.7 Å². The van der Waals surface area contributed by atoms with Crippen LogP contribution in [0.25, 0.3) is 0 Å². The summed E-state index contributed by atoms with van der Waals surface area (Å²) in [7, 11) is -3.97. The third-order valence-electron chi connectivity index (χ3n) is 11.0. The third-order valence-corrected chi connectivity index (χ3v) is 11.9. The number of nitrogens with zero attached hydrogens (tertiary/aromatic N) is 4. The van der Waals surface area contributed by atoms with Crippen LogP contribution in [0, 0.1) is 11.8 Å². The predicted molar refractivity (Wildman–Crippen MR) is 184 cm³/mol. The maximum atomic E-state index is 11.4. The number of nitrogens with one attached hydrogen (secondary N) is 3. The number of anilines is 3. The van der Waals surface area contributed by atoms with Gasteiger partial charge in [0, 0.05) is 43.8 Å². The molecule has 1 saturated heterocycles. The minimum atomic E-state index is -3.97. The van der Waals surface area contributed by atoms with Crippen LogP contribution >= 0.6 is 7.60 Å². The average Bonchev–Trinajstić information content (AvgIpc) is 3.03. The molecule has 4 aliphatic rings. The highest BCUT2D eigenvalue weighted by Gasteiger charge is 2.42. The molecule has 11 nitrogen and oxygen atoms in total. The van der Waals surface area contributed by atoms with Crippen molar-refractivity contribution in [1.29, 1.82) is 0 Å². The Bertz CT molecular complexity index is 1070. The number of piperazine rings is 1. The molecule has 45 heavy (non-hydrogen) atoms. The Balaban J connectivity index is 1.03. The van der Waals surface area contributed by atoms with Crippen LogP contribution in [0.1, 0.15) is 103 Å². The third kappa shape index (κ3) is 11.0. The first-order valence-electron chi connectivity index (χ1n) is 18.2. The van der Waals surface area contributed by atoms with Gasteiger partial charge in [-0.25, -0.2) is 0 Å². The van der Waals surface area contributed by atoms with Crippen LogP contribution in [0.3, 0.4) is 0 Å². The van der Waals surface area contributed by atoms with Crippen LogP contribution in [0.15, 0.2) is 6.07 Å². The van der Waals surface area contributed by atoms with Crippen molar-refractivity contribution in [3.8, 4) is 0 Å². The van der Waals surface area contributed by atoms with Crippen molar-refractivity contribution >= 4 is 25.2 Å². The molecule has 3 aliphatic carbocycles. The molecule has 0 bridgehead atoms. The smallest absolute Gasteiger partial charge is 0.325 e. The molecule has 0 atom stereocenters. The highest BCUT2D eigenvalue weighted by molar-refractivity contribution is 7.51. The normalized spacial score (nSPS) is 25.1. The van der Waals surface area contributed by atoms with E-state index >= 15 is 0 Å². The van der Waals surface area contributed by atoms with Crippen LogP contribution in [0.2, 0.25) is 0 Å². The summed E-state index contributed by atoms with van der Waals surface area (Å²) in [5.41, 5.74) is 6.32. The molecule has 3 saturated carbocycles. The fraction of sp³-hybridized carbons (Fsp3) is 0.879. The van der Waals surface area contributed by atoms with Gasteiger partial charge in [-0.05, 0) is 102 Å². The van der Waals surface area contributed by atoms with E-state index < -0.39 is 7.60 Å². The molecule has 0 amide bonds. The monoisotopic (exact) mass is 648 g/mol. The standard InChI is InChI=1S/C33H61N8O3P/c34-30-23-31(40-20-21-41(19-8-22-45(42,43)44)33(26-40)15-5-2-6-16-33)39-32(38-30)37-25-28-13-11-27(12-14-28)24-35-17-7-18-36-29-9-3-1-4-10-29/h23,27-29,35-36H,1-22,24-26H2,(H2,42,43,44)(H3,34,37,38,39). The lowest BCUT2D eigenvalue weighted by molar-refractivity contribution is 0.0386. The average molecular weight is 649 g/mol. The van der Waals surface area contributed by atoms with Crippen molar-refractivity contribution in [3.63, 3.8) is 0 Å². The summed E-state index contributed by atoms with van der Waals surface area (Å²) < 4.78 is 11.4. The van der Waals surface area contributed by atoms with E-state index in [1.54, 1.807) is 0 Å². The topological polar surface area (TPSA) is 152 Å². The Hall–Kier alpha value is -1.49. The summed E-state index contributed by atoms with van der Waals surface area (Å²) in [6, 6.07) is 2.66. The van der Waals surface area contributed by atoms with Gasteiger partial charge in [0.05, 0.1) is 6.16 Å². The lowest BCUT2D eigenvalue weighted by Gasteiger charge is -2.53. The zero-order valence-corrected chi connectivity index (χ0v) is 28.5. The second-order valence-electron chi connectivity index (χ2n) is 14.5. The Labute approximate surface area is 271 Å². The zero-order chi connectivity index (χ0) is 31.5. The van der Waals surface area contributed by atoms with Gasteiger partial charge < -0.3 is 36.4 Å². The molecular formula is C33H61N8O3P.